The number of carbonyl (C=O) groups excluding carboxylic acids is 1. The fraction of sp³-hybridized carbons (Fsp3) is 0.632. The second-order valence-electron chi connectivity index (χ2n) is 7.42. The molecule has 2 heterocycles. The number of amides is 1. The molecule has 2 saturated heterocycles. The number of nitrogens with one attached hydrogen (secondary N) is 1. The van der Waals surface area contributed by atoms with E-state index < -0.39 is 24.5 Å². The summed E-state index contributed by atoms with van der Waals surface area (Å²) in [5, 5.41) is 3.25. The van der Waals surface area contributed by atoms with E-state index >= 15 is 0 Å². The van der Waals surface area contributed by atoms with Gasteiger partial charge in [0.05, 0.1) is 12.7 Å². The molecule has 1 aromatic carbocycles. The van der Waals surface area contributed by atoms with Crippen LogP contribution in [0.15, 0.2) is 24.3 Å². The summed E-state index contributed by atoms with van der Waals surface area (Å²) in [6, 6.07) is 7.83. The van der Waals surface area contributed by atoms with Crippen LogP contribution in [0, 0.1) is 0 Å². The summed E-state index contributed by atoms with van der Waals surface area (Å²) in [5.74, 6) is 0. The zero-order valence-electron chi connectivity index (χ0n) is 16.5. The highest BCUT2D eigenvalue weighted by atomic mass is 19.4. The lowest BCUT2D eigenvalue weighted by atomic mass is 10.1. The second kappa shape index (κ2) is 9.61. The SMILES string of the molecule is O=C(OC(C(F)(F)F)C(F)(F)F)N1CCN(Cc2ccc(C3CNCCO3)cc2)CC1. The quantitative estimate of drug-likeness (QED) is 0.708. The summed E-state index contributed by atoms with van der Waals surface area (Å²) >= 11 is 0. The van der Waals surface area contributed by atoms with E-state index in [0.29, 0.717) is 26.2 Å². The van der Waals surface area contributed by atoms with Crippen molar-refractivity contribution in [1.29, 1.82) is 0 Å². The van der Waals surface area contributed by atoms with Crippen LogP contribution in [0.5, 0.6) is 0 Å². The molecule has 0 bridgehead atoms. The third-order valence-corrected chi connectivity index (χ3v) is 5.13. The van der Waals surface area contributed by atoms with Crippen molar-refractivity contribution in [2.45, 2.75) is 31.1 Å². The molecule has 2 fully saturated rings. The number of halogens is 6. The summed E-state index contributed by atoms with van der Waals surface area (Å²) in [4.78, 5) is 14.6. The van der Waals surface area contributed by atoms with Gasteiger partial charge in [-0.3, -0.25) is 4.90 Å². The Bertz CT molecular complexity index is 713. The van der Waals surface area contributed by atoms with Gasteiger partial charge in [-0.25, -0.2) is 4.79 Å². The smallest absolute Gasteiger partial charge is 0.426 e. The highest BCUT2D eigenvalue weighted by Gasteiger charge is 2.60. The van der Waals surface area contributed by atoms with Crippen molar-refractivity contribution in [3.63, 3.8) is 0 Å². The van der Waals surface area contributed by atoms with Crippen LogP contribution < -0.4 is 5.32 Å². The van der Waals surface area contributed by atoms with E-state index in [9.17, 15) is 31.1 Å². The van der Waals surface area contributed by atoms with Crippen LogP contribution in [0.4, 0.5) is 31.1 Å². The molecule has 0 aliphatic carbocycles. The number of rotatable bonds is 4. The number of carbonyl (C=O) groups is 1. The topological polar surface area (TPSA) is 54.0 Å². The lowest BCUT2D eigenvalue weighted by molar-refractivity contribution is -0.308. The molecule has 0 radical (unpaired) electrons. The second-order valence-corrected chi connectivity index (χ2v) is 7.42. The Morgan fingerprint density at radius 1 is 1.06 bits per heavy atom. The molecule has 1 N–H and O–H groups in total. The van der Waals surface area contributed by atoms with Crippen LogP contribution in [-0.2, 0) is 16.0 Å². The van der Waals surface area contributed by atoms with Gasteiger partial charge >= 0.3 is 18.4 Å². The third-order valence-electron chi connectivity index (χ3n) is 5.13. The van der Waals surface area contributed by atoms with Crippen molar-refractivity contribution in [3.8, 4) is 0 Å². The fourth-order valence-corrected chi connectivity index (χ4v) is 3.46. The Hall–Kier alpha value is -2.05. The molecular weight excluding hydrogens is 432 g/mol. The van der Waals surface area contributed by atoms with Crippen molar-refractivity contribution in [1.82, 2.24) is 15.1 Å². The van der Waals surface area contributed by atoms with E-state index in [-0.39, 0.29) is 19.2 Å². The normalized spacial score (nSPS) is 21.4. The minimum absolute atomic E-state index is 0.00502. The Morgan fingerprint density at radius 3 is 2.19 bits per heavy atom. The van der Waals surface area contributed by atoms with Crippen molar-refractivity contribution in [2.24, 2.45) is 0 Å². The average Bonchev–Trinajstić information content (AvgIpc) is 2.72. The molecule has 2 aliphatic rings. The van der Waals surface area contributed by atoms with Crippen LogP contribution >= 0.6 is 0 Å². The van der Waals surface area contributed by atoms with Gasteiger partial charge in [0.1, 0.15) is 0 Å². The fourth-order valence-electron chi connectivity index (χ4n) is 3.46. The average molecular weight is 455 g/mol. The predicted octanol–water partition coefficient (Wildman–Crippen LogP) is 3.09. The van der Waals surface area contributed by atoms with Crippen LogP contribution in [0.25, 0.3) is 0 Å². The van der Waals surface area contributed by atoms with Crippen molar-refractivity contribution in [2.75, 3.05) is 45.9 Å². The van der Waals surface area contributed by atoms with E-state index in [2.05, 4.69) is 10.1 Å². The maximum Gasteiger partial charge on any atom is 0.434 e. The minimum atomic E-state index is -5.72. The predicted molar refractivity (Wildman–Crippen MR) is 97.2 cm³/mol. The number of hydrogen-bond donors (Lipinski definition) is 1. The van der Waals surface area contributed by atoms with Crippen molar-refractivity contribution in [3.05, 3.63) is 35.4 Å². The molecule has 0 saturated carbocycles. The molecule has 0 aromatic heterocycles. The van der Waals surface area contributed by atoms with Gasteiger partial charge in [0.2, 0.25) is 0 Å². The summed E-state index contributed by atoms with van der Waals surface area (Å²) in [5.41, 5.74) is 2.05. The Kier molecular flexibility index (Phi) is 7.32. The maximum atomic E-state index is 12.6. The van der Waals surface area contributed by atoms with E-state index in [4.69, 9.17) is 4.74 Å². The van der Waals surface area contributed by atoms with Gasteiger partial charge < -0.3 is 19.7 Å². The Morgan fingerprint density at radius 2 is 1.68 bits per heavy atom. The van der Waals surface area contributed by atoms with Crippen LogP contribution in [0.3, 0.4) is 0 Å². The highest BCUT2D eigenvalue weighted by molar-refractivity contribution is 5.68. The number of hydrogen-bond acceptors (Lipinski definition) is 5. The van der Waals surface area contributed by atoms with Gasteiger partial charge in [0.15, 0.2) is 0 Å². The molecule has 1 aromatic rings. The van der Waals surface area contributed by atoms with Crippen molar-refractivity contribution < 1.29 is 40.6 Å². The zero-order chi connectivity index (χ0) is 22.6. The van der Waals surface area contributed by atoms with E-state index in [1.807, 2.05) is 29.2 Å². The molecule has 6 nitrogen and oxygen atoms in total. The first-order chi connectivity index (χ1) is 14.5. The van der Waals surface area contributed by atoms with Gasteiger partial charge in [-0.1, -0.05) is 24.3 Å². The largest absolute Gasteiger partial charge is 0.434 e. The number of ether oxygens (including phenoxy) is 2. The van der Waals surface area contributed by atoms with Crippen LogP contribution in [0.2, 0.25) is 0 Å². The van der Waals surface area contributed by atoms with Gasteiger partial charge in [-0.15, -0.1) is 0 Å². The number of piperazine rings is 1. The number of nitrogens with zero attached hydrogens (tertiary/aromatic N) is 2. The molecular formula is C19H23F6N3O3. The minimum Gasteiger partial charge on any atom is -0.426 e. The van der Waals surface area contributed by atoms with Gasteiger partial charge in [0.25, 0.3) is 6.10 Å². The van der Waals surface area contributed by atoms with E-state index in [1.54, 1.807) is 0 Å². The summed E-state index contributed by atoms with van der Waals surface area (Å²) in [6.45, 7) is 3.29. The number of morpholine rings is 1. The molecule has 1 unspecified atom stereocenters. The molecule has 2 aliphatic heterocycles. The first-order valence-corrected chi connectivity index (χ1v) is 9.76. The summed E-state index contributed by atoms with van der Waals surface area (Å²) < 4.78 is 84.8. The highest BCUT2D eigenvalue weighted by Crippen LogP contribution is 2.36. The lowest BCUT2D eigenvalue weighted by Gasteiger charge is -2.35. The first kappa shape index (κ1) is 23.6. The summed E-state index contributed by atoms with van der Waals surface area (Å²) in [7, 11) is 0. The standard InChI is InChI=1S/C19H23F6N3O3/c20-18(21,22)16(19(23,24)25)31-17(29)28-8-6-27(7-9-28)12-13-1-3-14(4-2-13)15-11-26-5-10-30-15/h1-4,15-16,26H,5-12H2. The monoisotopic (exact) mass is 455 g/mol. The summed E-state index contributed by atoms with van der Waals surface area (Å²) in [6.07, 6.45) is -17.2. The van der Waals surface area contributed by atoms with Crippen molar-refractivity contribution >= 4 is 6.09 Å². The van der Waals surface area contributed by atoms with Gasteiger partial charge in [-0.2, -0.15) is 26.3 Å². The first-order valence-electron chi connectivity index (χ1n) is 9.76. The molecule has 12 heteroatoms. The molecule has 1 atom stereocenters. The number of benzene rings is 1. The van der Waals surface area contributed by atoms with Crippen LogP contribution in [0.1, 0.15) is 17.2 Å². The third kappa shape index (κ3) is 6.47. The Labute approximate surface area is 175 Å². The van der Waals surface area contributed by atoms with Gasteiger partial charge in [-0.05, 0) is 11.1 Å². The molecule has 1 amide bonds. The lowest BCUT2D eigenvalue weighted by Crippen LogP contribution is -2.52. The molecule has 0 spiro atoms. The number of alkyl halides is 6. The Balaban J connectivity index is 1.48. The molecule has 31 heavy (non-hydrogen) atoms. The molecule has 3 rings (SSSR count). The zero-order valence-corrected chi connectivity index (χ0v) is 16.5. The molecule has 174 valence electrons. The maximum absolute atomic E-state index is 12.6. The van der Waals surface area contributed by atoms with Crippen LogP contribution in [-0.4, -0.2) is 80.2 Å². The van der Waals surface area contributed by atoms with E-state index in [0.717, 1.165) is 29.1 Å². The van der Waals surface area contributed by atoms with Gasteiger partial charge in [0, 0.05) is 45.8 Å². The van der Waals surface area contributed by atoms with E-state index in [1.165, 1.54) is 0 Å².